The van der Waals surface area contributed by atoms with Gasteiger partial charge in [-0.25, -0.2) is 4.98 Å². The molecule has 0 amide bonds. The molecule has 2 aromatic heterocycles. The number of H-pyrrole nitrogens is 1. The zero-order chi connectivity index (χ0) is 13.1. The summed E-state index contributed by atoms with van der Waals surface area (Å²) in [5.41, 5.74) is 0. The number of imidazole rings is 1. The van der Waals surface area contributed by atoms with Gasteiger partial charge in [-0.1, -0.05) is 18.9 Å². The van der Waals surface area contributed by atoms with E-state index < -0.39 is 0 Å². The fourth-order valence-corrected chi connectivity index (χ4v) is 3.95. The van der Waals surface area contributed by atoms with E-state index in [2.05, 4.69) is 39.7 Å². The average molecular weight is 275 g/mol. The van der Waals surface area contributed by atoms with Crippen LogP contribution in [0.1, 0.15) is 55.4 Å². The van der Waals surface area contributed by atoms with Gasteiger partial charge < -0.3 is 4.98 Å². The van der Waals surface area contributed by atoms with Crippen LogP contribution in [0.3, 0.4) is 0 Å². The van der Waals surface area contributed by atoms with E-state index in [4.69, 9.17) is 0 Å². The number of rotatable bonds is 5. The Balaban J connectivity index is 1.75. The quantitative estimate of drug-likeness (QED) is 0.864. The minimum absolute atomic E-state index is 0.266. The molecule has 19 heavy (non-hydrogen) atoms. The fraction of sp³-hybridized carbons (Fsp3) is 0.533. The molecule has 2 atom stereocenters. The Labute approximate surface area is 118 Å². The van der Waals surface area contributed by atoms with E-state index in [1.807, 2.05) is 23.7 Å². The molecule has 102 valence electrons. The summed E-state index contributed by atoms with van der Waals surface area (Å²) in [4.78, 5) is 9.03. The molecule has 2 aromatic rings. The Morgan fingerprint density at radius 2 is 2.26 bits per heavy atom. The van der Waals surface area contributed by atoms with Crippen LogP contribution in [0.25, 0.3) is 0 Å². The first-order chi connectivity index (χ1) is 9.34. The van der Waals surface area contributed by atoms with Crippen LogP contribution >= 0.6 is 11.3 Å². The third kappa shape index (κ3) is 2.90. The molecule has 2 N–H and O–H groups in total. The molecule has 0 spiro atoms. The van der Waals surface area contributed by atoms with Gasteiger partial charge in [0.2, 0.25) is 0 Å². The molecule has 0 aliphatic heterocycles. The molecule has 1 aliphatic rings. The standard InChI is InChI=1S/C15H21N3S/c1-11(15-16-8-9-17-15)18-14(12-5-2-3-6-12)13-7-4-10-19-13/h4,7-12,14,18H,2-3,5-6H2,1H3,(H,16,17). The van der Waals surface area contributed by atoms with Crippen LogP contribution < -0.4 is 5.32 Å². The van der Waals surface area contributed by atoms with Crippen molar-refractivity contribution in [3.05, 3.63) is 40.6 Å². The highest BCUT2D eigenvalue weighted by molar-refractivity contribution is 7.10. The second-order valence-corrected chi connectivity index (χ2v) is 6.38. The first kappa shape index (κ1) is 12.9. The molecule has 1 saturated carbocycles. The zero-order valence-electron chi connectivity index (χ0n) is 11.3. The molecular formula is C15H21N3S. The number of nitrogens with one attached hydrogen (secondary N) is 2. The molecule has 2 unspecified atom stereocenters. The van der Waals surface area contributed by atoms with Crippen molar-refractivity contribution in [2.75, 3.05) is 0 Å². The number of hydrogen-bond acceptors (Lipinski definition) is 3. The van der Waals surface area contributed by atoms with Gasteiger partial charge in [0.1, 0.15) is 5.82 Å². The van der Waals surface area contributed by atoms with E-state index in [0.717, 1.165) is 11.7 Å². The normalized spacial score (nSPS) is 19.6. The van der Waals surface area contributed by atoms with Crippen molar-refractivity contribution in [1.82, 2.24) is 15.3 Å². The molecule has 1 aliphatic carbocycles. The van der Waals surface area contributed by atoms with Gasteiger partial charge in [0, 0.05) is 23.3 Å². The van der Waals surface area contributed by atoms with Crippen molar-refractivity contribution >= 4 is 11.3 Å². The van der Waals surface area contributed by atoms with Crippen LogP contribution in [0.15, 0.2) is 29.9 Å². The number of thiophene rings is 1. The summed E-state index contributed by atoms with van der Waals surface area (Å²) in [5.74, 6) is 1.80. The van der Waals surface area contributed by atoms with E-state index in [1.54, 1.807) is 0 Å². The number of aromatic nitrogens is 2. The van der Waals surface area contributed by atoms with Crippen LogP contribution in [0.4, 0.5) is 0 Å². The topological polar surface area (TPSA) is 40.7 Å². The minimum atomic E-state index is 0.266. The van der Waals surface area contributed by atoms with E-state index in [0.29, 0.717) is 6.04 Å². The monoisotopic (exact) mass is 275 g/mol. The van der Waals surface area contributed by atoms with Crippen molar-refractivity contribution in [2.24, 2.45) is 5.92 Å². The Morgan fingerprint density at radius 3 is 2.89 bits per heavy atom. The van der Waals surface area contributed by atoms with Crippen molar-refractivity contribution in [1.29, 1.82) is 0 Å². The van der Waals surface area contributed by atoms with Crippen LogP contribution in [-0.2, 0) is 0 Å². The Bertz CT molecular complexity index is 471. The second-order valence-electron chi connectivity index (χ2n) is 5.40. The van der Waals surface area contributed by atoms with E-state index in [-0.39, 0.29) is 6.04 Å². The van der Waals surface area contributed by atoms with Crippen molar-refractivity contribution in [3.8, 4) is 0 Å². The van der Waals surface area contributed by atoms with Gasteiger partial charge in [-0.3, -0.25) is 5.32 Å². The lowest BCUT2D eigenvalue weighted by atomic mass is 9.96. The molecule has 2 heterocycles. The van der Waals surface area contributed by atoms with Crippen molar-refractivity contribution < 1.29 is 0 Å². The third-order valence-corrected chi connectivity index (χ3v) is 5.04. The summed E-state index contributed by atoms with van der Waals surface area (Å²) >= 11 is 1.86. The van der Waals surface area contributed by atoms with Crippen LogP contribution in [0, 0.1) is 5.92 Å². The van der Waals surface area contributed by atoms with Crippen LogP contribution in [-0.4, -0.2) is 9.97 Å². The molecule has 4 heteroatoms. The predicted octanol–water partition coefficient (Wildman–Crippen LogP) is 4.05. The van der Waals surface area contributed by atoms with E-state index >= 15 is 0 Å². The Kier molecular flexibility index (Phi) is 3.99. The maximum atomic E-state index is 4.36. The molecule has 0 saturated heterocycles. The van der Waals surface area contributed by atoms with Gasteiger partial charge in [0.25, 0.3) is 0 Å². The third-order valence-electron chi connectivity index (χ3n) is 4.08. The van der Waals surface area contributed by atoms with Gasteiger partial charge in [-0.05, 0) is 37.1 Å². The largest absolute Gasteiger partial charge is 0.347 e. The maximum Gasteiger partial charge on any atom is 0.122 e. The van der Waals surface area contributed by atoms with Crippen molar-refractivity contribution in [3.63, 3.8) is 0 Å². The summed E-state index contributed by atoms with van der Waals surface area (Å²) in [6.45, 7) is 2.19. The molecule has 3 nitrogen and oxygen atoms in total. The second kappa shape index (κ2) is 5.88. The SMILES string of the molecule is CC(NC(c1cccs1)C1CCCC1)c1ncc[nH]1. The van der Waals surface area contributed by atoms with Crippen LogP contribution in [0.2, 0.25) is 0 Å². The Morgan fingerprint density at radius 1 is 1.42 bits per heavy atom. The lowest BCUT2D eigenvalue weighted by molar-refractivity contribution is 0.338. The summed E-state index contributed by atoms with van der Waals surface area (Å²) in [6, 6.07) is 5.15. The maximum absolute atomic E-state index is 4.36. The average Bonchev–Trinajstić information content (AvgIpc) is 3.17. The first-order valence-electron chi connectivity index (χ1n) is 7.13. The van der Waals surface area contributed by atoms with Gasteiger partial charge in [0.05, 0.1) is 6.04 Å². The Hall–Kier alpha value is -1.13. The number of hydrogen-bond donors (Lipinski definition) is 2. The van der Waals surface area contributed by atoms with E-state index in [1.165, 1.54) is 30.6 Å². The first-order valence-corrected chi connectivity index (χ1v) is 8.01. The van der Waals surface area contributed by atoms with Crippen LogP contribution in [0.5, 0.6) is 0 Å². The summed E-state index contributed by atoms with van der Waals surface area (Å²) in [6.07, 6.45) is 9.17. The molecule has 0 aromatic carbocycles. The fourth-order valence-electron chi connectivity index (χ4n) is 3.07. The number of nitrogens with zero attached hydrogens (tertiary/aromatic N) is 1. The zero-order valence-corrected chi connectivity index (χ0v) is 12.1. The highest BCUT2D eigenvalue weighted by Crippen LogP contribution is 2.38. The summed E-state index contributed by atoms with van der Waals surface area (Å²) in [5, 5.41) is 5.96. The molecule has 1 fully saturated rings. The summed E-state index contributed by atoms with van der Waals surface area (Å²) in [7, 11) is 0. The lowest BCUT2D eigenvalue weighted by Crippen LogP contribution is -2.29. The minimum Gasteiger partial charge on any atom is -0.347 e. The highest BCUT2D eigenvalue weighted by Gasteiger charge is 2.28. The highest BCUT2D eigenvalue weighted by atomic mass is 32.1. The number of aromatic amines is 1. The molecule has 3 rings (SSSR count). The van der Waals surface area contributed by atoms with Gasteiger partial charge in [0.15, 0.2) is 0 Å². The molecule has 0 bridgehead atoms. The van der Waals surface area contributed by atoms with Gasteiger partial charge in [-0.15, -0.1) is 11.3 Å². The van der Waals surface area contributed by atoms with Gasteiger partial charge in [-0.2, -0.15) is 0 Å². The van der Waals surface area contributed by atoms with Gasteiger partial charge >= 0.3 is 0 Å². The molecular weight excluding hydrogens is 254 g/mol. The summed E-state index contributed by atoms with van der Waals surface area (Å²) < 4.78 is 0. The lowest BCUT2D eigenvalue weighted by Gasteiger charge is -2.26. The molecule has 0 radical (unpaired) electrons. The predicted molar refractivity (Wildman–Crippen MR) is 79.2 cm³/mol. The van der Waals surface area contributed by atoms with Crippen molar-refractivity contribution in [2.45, 2.75) is 44.7 Å². The smallest absolute Gasteiger partial charge is 0.122 e. The van der Waals surface area contributed by atoms with E-state index in [9.17, 15) is 0 Å².